The Bertz CT molecular complexity index is 2480. The standard InChI is InChI=1S/C48H48ClN5O6/c1-27-40(18-12-30(21-50)41(27)49)60-46-47(2,3)45(48(46,4)5)53-24-31-19-28(11-15-35(31)42(53)57)9-10-29-22-51(23-29)33-25-52(26-33)32-13-16-36-37(20-32)44(59)54(43(36)58)38-17-14-34(55)7-6-8-39(38)56/h11-13,15-16,18-20,29,33,38,45-46H,6-8,14,17,22-26H2,1-5H3/t38?,45-,46-. The molecule has 2 saturated heterocycles. The van der Waals surface area contributed by atoms with E-state index in [9.17, 15) is 29.2 Å². The molecule has 9 rings (SSSR count). The largest absolute Gasteiger partial charge is 0.489 e. The first kappa shape index (κ1) is 39.9. The van der Waals surface area contributed by atoms with Crippen LogP contribution in [0.15, 0.2) is 48.5 Å². The molecule has 4 heterocycles. The highest BCUT2D eigenvalue weighted by molar-refractivity contribution is 6.32. The number of ketones is 2. The third-order valence-electron chi connectivity index (χ3n) is 13.9. The molecule has 0 radical (unpaired) electrons. The molecule has 3 aromatic rings. The molecular formula is C48H48ClN5O6. The molecule has 11 nitrogen and oxygen atoms in total. The topological polar surface area (TPSA) is 131 Å². The summed E-state index contributed by atoms with van der Waals surface area (Å²) in [5.74, 6) is 6.76. The molecule has 12 heteroatoms. The van der Waals surface area contributed by atoms with E-state index in [1.807, 2.05) is 30.0 Å². The number of carbonyl (C=O) groups is 5. The molecule has 1 atom stereocenters. The predicted molar refractivity (Wildman–Crippen MR) is 225 cm³/mol. The molecule has 4 aliphatic heterocycles. The van der Waals surface area contributed by atoms with Gasteiger partial charge in [0.2, 0.25) is 0 Å². The van der Waals surface area contributed by atoms with Crippen LogP contribution in [0.2, 0.25) is 5.02 Å². The summed E-state index contributed by atoms with van der Waals surface area (Å²) in [6.07, 6.45) is 1.21. The smallest absolute Gasteiger partial charge is 0.262 e. The van der Waals surface area contributed by atoms with Crippen molar-refractivity contribution >= 4 is 46.6 Å². The van der Waals surface area contributed by atoms with Gasteiger partial charge in [0.05, 0.1) is 27.8 Å². The second-order valence-corrected chi connectivity index (χ2v) is 19.0. The summed E-state index contributed by atoms with van der Waals surface area (Å²) in [6.45, 7) is 14.3. The van der Waals surface area contributed by atoms with Crippen LogP contribution in [0, 0.1) is 46.8 Å². The highest BCUT2D eigenvalue weighted by Gasteiger charge is 2.67. The Hall–Kier alpha value is -5.49. The van der Waals surface area contributed by atoms with Crippen LogP contribution in [-0.4, -0.2) is 94.4 Å². The van der Waals surface area contributed by atoms with Gasteiger partial charge in [-0.05, 0) is 73.9 Å². The Kier molecular flexibility index (Phi) is 9.72. The van der Waals surface area contributed by atoms with E-state index < -0.39 is 17.9 Å². The number of halogens is 1. The van der Waals surface area contributed by atoms with Gasteiger partial charge in [-0.1, -0.05) is 51.1 Å². The highest BCUT2D eigenvalue weighted by atomic mass is 35.5. The van der Waals surface area contributed by atoms with Crippen molar-refractivity contribution in [2.75, 3.05) is 31.1 Å². The summed E-state index contributed by atoms with van der Waals surface area (Å²) in [5, 5.41) is 9.78. The number of fused-ring (bicyclic) bond motifs is 2. The van der Waals surface area contributed by atoms with Gasteiger partial charge in [-0.25, -0.2) is 0 Å². The van der Waals surface area contributed by atoms with Gasteiger partial charge < -0.3 is 14.5 Å². The summed E-state index contributed by atoms with van der Waals surface area (Å²) < 4.78 is 6.60. The van der Waals surface area contributed by atoms with Crippen LogP contribution in [0.5, 0.6) is 5.75 Å². The zero-order valence-electron chi connectivity index (χ0n) is 34.6. The molecular weight excluding hydrogens is 778 g/mol. The minimum absolute atomic E-state index is 0.0261. The Morgan fingerprint density at radius 1 is 0.817 bits per heavy atom. The van der Waals surface area contributed by atoms with Crippen LogP contribution in [0.25, 0.3) is 0 Å². The number of imide groups is 1. The van der Waals surface area contributed by atoms with E-state index in [2.05, 4.69) is 61.5 Å². The number of benzene rings is 3. The number of hydrogen-bond acceptors (Lipinski definition) is 9. The summed E-state index contributed by atoms with van der Waals surface area (Å²) >= 11 is 6.46. The number of carbonyl (C=O) groups excluding carboxylic acids is 5. The molecule has 0 aromatic heterocycles. The summed E-state index contributed by atoms with van der Waals surface area (Å²) in [6, 6.07) is 16.3. The van der Waals surface area contributed by atoms with Gasteiger partial charge in [0.1, 0.15) is 23.7 Å². The van der Waals surface area contributed by atoms with Gasteiger partial charge in [0.15, 0.2) is 5.78 Å². The molecule has 0 bridgehead atoms. The van der Waals surface area contributed by atoms with Crippen molar-refractivity contribution < 1.29 is 28.7 Å². The quantitative estimate of drug-likeness (QED) is 0.200. The maximum Gasteiger partial charge on any atom is 0.262 e. The molecule has 2 aliphatic carbocycles. The van der Waals surface area contributed by atoms with Crippen LogP contribution in [-0.2, 0) is 16.1 Å². The number of nitriles is 1. The fraction of sp³-hybridized carbons (Fsp3) is 0.458. The first-order chi connectivity index (χ1) is 28.6. The SMILES string of the molecule is Cc1c(O[C@H]2C(C)(C)[C@H](N3Cc4cc(C#CC5CN(C6CN(c7ccc8c(c7)C(=O)N(C7CCC(=O)CCCC7=O)C8=O)C6)C5)ccc4C3=O)C2(C)C)ccc(C#N)c1Cl. The van der Waals surface area contributed by atoms with Crippen LogP contribution in [0.3, 0.4) is 0 Å². The number of ether oxygens (including phenoxy) is 1. The van der Waals surface area contributed by atoms with E-state index in [1.54, 1.807) is 24.3 Å². The lowest BCUT2D eigenvalue weighted by Gasteiger charge is -2.65. The monoisotopic (exact) mass is 825 g/mol. The molecule has 3 amide bonds. The van der Waals surface area contributed by atoms with Crippen molar-refractivity contribution in [2.45, 2.75) is 97.5 Å². The van der Waals surface area contributed by atoms with Crippen LogP contribution in [0.1, 0.15) is 113 Å². The molecule has 0 N–H and O–H groups in total. The van der Waals surface area contributed by atoms with Crippen LogP contribution in [0.4, 0.5) is 5.69 Å². The second-order valence-electron chi connectivity index (χ2n) is 18.6. The Balaban J connectivity index is 0.785. The number of amides is 3. The highest BCUT2D eigenvalue weighted by Crippen LogP contribution is 2.59. The minimum Gasteiger partial charge on any atom is -0.489 e. The number of rotatable bonds is 6. The summed E-state index contributed by atoms with van der Waals surface area (Å²) in [5.41, 5.74) is 4.54. The zero-order valence-corrected chi connectivity index (χ0v) is 35.4. The van der Waals surface area contributed by atoms with Gasteiger partial charge in [-0.3, -0.25) is 33.8 Å². The van der Waals surface area contributed by atoms with E-state index in [1.165, 1.54) is 0 Å². The normalized spacial score (nSPS) is 25.0. The van der Waals surface area contributed by atoms with Gasteiger partial charge in [-0.2, -0.15) is 5.26 Å². The van der Waals surface area contributed by atoms with Crippen LogP contribution >= 0.6 is 11.6 Å². The molecule has 3 aromatic carbocycles. The van der Waals surface area contributed by atoms with Crippen molar-refractivity contribution in [3.8, 4) is 23.7 Å². The van der Waals surface area contributed by atoms with E-state index in [-0.39, 0.29) is 65.6 Å². The number of Topliss-reactive ketones (excluding diaryl/α,β-unsaturated/α-hetero) is 2. The predicted octanol–water partition coefficient (Wildman–Crippen LogP) is 6.60. The third-order valence-corrected chi connectivity index (χ3v) is 14.4. The molecule has 2 saturated carbocycles. The van der Waals surface area contributed by atoms with Crippen molar-refractivity contribution in [1.82, 2.24) is 14.7 Å². The summed E-state index contributed by atoms with van der Waals surface area (Å²) in [7, 11) is 0. The third kappa shape index (κ3) is 6.40. The fourth-order valence-electron chi connectivity index (χ4n) is 11.0. The van der Waals surface area contributed by atoms with Gasteiger partial charge in [0.25, 0.3) is 17.7 Å². The molecule has 1 unspecified atom stereocenters. The number of hydrogen-bond donors (Lipinski definition) is 0. The summed E-state index contributed by atoms with van der Waals surface area (Å²) in [4.78, 5) is 73.4. The van der Waals surface area contributed by atoms with Gasteiger partial charge >= 0.3 is 0 Å². The lowest BCUT2D eigenvalue weighted by atomic mass is 9.49. The Labute approximate surface area is 355 Å². The number of likely N-dealkylation sites (tertiary alicyclic amines) is 1. The van der Waals surface area contributed by atoms with Crippen molar-refractivity contribution in [3.05, 3.63) is 92.5 Å². The Morgan fingerprint density at radius 3 is 2.27 bits per heavy atom. The van der Waals surface area contributed by atoms with Gasteiger partial charge in [0, 0.05) is 103 Å². The van der Waals surface area contributed by atoms with Crippen molar-refractivity contribution in [3.63, 3.8) is 0 Å². The van der Waals surface area contributed by atoms with E-state index in [4.69, 9.17) is 16.3 Å². The maximum absolute atomic E-state index is 13.9. The minimum atomic E-state index is -0.890. The molecule has 60 heavy (non-hydrogen) atoms. The van der Waals surface area contributed by atoms with E-state index in [0.717, 1.165) is 59.0 Å². The number of nitrogens with zero attached hydrogens (tertiary/aromatic N) is 5. The van der Waals surface area contributed by atoms with E-state index in [0.29, 0.717) is 52.9 Å². The van der Waals surface area contributed by atoms with Gasteiger partial charge in [-0.15, -0.1) is 0 Å². The molecule has 0 spiro atoms. The lowest BCUT2D eigenvalue weighted by molar-refractivity contribution is -0.199. The maximum atomic E-state index is 13.9. The average Bonchev–Trinajstić information content (AvgIpc) is 3.61. The van der Waals surface area contributed by atoms with Crippen LogP contribution < -0.4 is 9.64 Å². The second kappa shape index (κ2) is 14.6. The fourth-order valence-corrected chi connectivity index (χ4v) is 11.2. The number of anilines is 1. The zero-order chi connectivity index (χ0) is 42.4. The molecule has 6 aliphatic rings. The van der Waals surface area contributed by atoms with Crippen molar-refractivity contribution in [1.29, 1.82) is 5.26 Å². The Morgan fingerprint density at radius 2 is 1.53 bits per heavy atom. The first-order valence-electron chi connectivity index (χ1n) is 20.9. The first-order valence-corrected chi connectivity index (χ1v) is 21.3. The lowest BCUT2D eigenvalue weighted by Crippen LogP contribution is -2.74. The average molecular weight is 826 g/mol. The molecule has 4 fully saturated rings. The molecule has 308 valence electrons. The van der Waals surface area contributed by atoms with E-state index >= 15 is 0 Å². The van der Waals surface area contributed by atoms with Crippen molar-refractivity contribution in [2.24, 2.45) is 16.7 Å².